The highest BCUT2D eigenvalue weighted by Crippen LogP contribution is 2.33. The maximum absolute atomic E-state index is 12.1. The molecule has 0 radical (unpaired) electrons. The fraction of sp³-hybridized carbons (Fsp3) is 0.778. The first kappa shape index (κ1) is 12.3. The lowest BCUT2D eigenvalue weighted by Gasteiger charge is -2.24. The fourth-order valence-electron chi connectivity index (χ4n) is 1.57. The number of ether oxygens (including phenoxy) is 1. The second kappa shape index (κ2) is 4.81. The molecule has 6 heteroatoms. The average molecular weight is 230 g/mol. The molecule has 1 rings (SSSR count). The molecule has 0 amide bonds. The third-order valence-corrected chi connectivity index (χ3v) is 2.27. The van der Waals surface area contributed by atoms with E-state index in [1.807, 2.05) is 0 Å². The summed E-state index contributed by atoms with van der Waals surface area (Å²) >= 11 is 0. The molecule has 0 aromatic rings. The summed E-state index contributed by atoms with van der Waals surface area (Å²) < 4.78 is 64.5. The van der Waals surface area contributed by atoms with Crippen LogP contribution in [0.15, 0.2) is 11.8 Å². The molecule has 88 valence electrons. The molecule has 0 heterocycles. The van der Waals surface area contributed by atoms with E-state index in [9.17, 15) is 22.0 Å². The van der Waals surface area contributed by atoms with Crippen LogP contribution < -0.4 is 0 Å². The van der Waals surface area contributed by atoms with Gasteiger partial charge in [0.15, 0.2) is 0 Å². The highest BCUT2D eigenvalue weighted by molar-refractivity contribution is 5.01. The van der Waals surface area contributed by atoms with E-state index in [0.29, 0.717) is 12.8 Å². The third kappa shape index (κ3) is 3.68. The van der Waals surface area contributed by atoms with Crippen LogP contribution in [0.2, 0.25) is 0 Å². The van der Waals surface area contributed by atoms with Crippen molar-refractivity contribution >= 4 is 0 Å². The number of hydrogen-bond acceptors (Lipinski definition) is 1. The van der Waals surface area contributed by atoms with Crippen LogP contribution in [0, 0.1) is 0 Å². The minimum absolute atomic E-state index is 0.410. The van der Waals surface area contributed by atoms with Crippen molar-refractivity contribution in [1.82, 2.24) is 0 Å². The summed E-state index contributed by atoms with van der Waals surface area (Å²) in [5.74, 6) is -2.13. The predicted molar refractivity (Wildman–Crippen MR) is 43.3 cm³/mol. The van der Waals surface area contributed by atoms with Gasteiger partial charge in [-0.3, -0.25) is 0 Å². The van der Waals surface area contributed by atoms with Crippen LogP contribution in [-0.2, 0) is 4.74 Å². The molecule has 1 nitrogen and oxygen atoms in total. The molecular formula is C9H11F5O. The minimum atomic E-state index is -5.10. The average Bonchev–Trinajstić information content (AvgIpc) is 2.13. The summed E-state index contributed by atoms with van der Waals surface area (Å²) in [4.78, 5) is 0. The Balaban J connectivity index is 2.63. The lowest BCUT2D eigenvalue weighted by Crippen LogP contribution is -2.23. The normalized spacial score (nSPS) is 18.7. The second-order valence-electron chi connectivity index (χ2n) is 3.47. The topological polar surface area (TPSA) is 9.23 Å². The van der Waals surface area contributed by atoms with Crippen molar-refractivity contribution in [2.24, 2.45) is 0 Å². The third-order valence-electron chi connectivity index (χ3n) is 2.27. The second-order valence-corrected chi connectivity index (χ2v) is 3.47. The van der Waals surface area contributed by atoms with Crippen LogP contribution in [0.3, 0.4) is 0 Å². The van der Waals surface area contributed by atoms with Crippen LogP contribution in [-0.4, -0.2) is 12.3 Å². The Morgan fingerprint density at radius 2 is 1.53 bits per heavy atom. The van der Waals surface area contributed by atoms with Crippen molar-refractivity contribution < 1.29 is 26.7 Å². The van der Waals surface area contributed by atoms with Crippen LogP contribution in [0.1, 0.15) is 32.1 Å². The molecule has 0 aliphatic heterocycles. The van der Waals surface area contributed by atoms with E-state index < -0.39 is 24.1 Å². The number of halogens is 5. The first-order valence-electron chi connectivity index (χ1n) is 4.70. The molecule has 1 aliphatic carbocycles. The van der Waals surface area contributed by atoms with Crippen LogP contribution in [0.25, 0.3) is 0 Å². The summed E-state index contributed by atoms with van der Waals surface area (Å²) in [6, 6.07) is 0. The largest absolute Gasteiger partial charge is 0.482 e. The highest BCUT2D eigenvalue weighted by Gasteiger charge is 2.41. The van der Waals surface area contributed by atoms with Gasteiger partial charge < -0.3 is 4.74 Å². The summed E-state index contributed by atoms with van der Waals surface area (Å²) in [6.45, 7) is 0. The Labute approximate surface area is 83.9 Å². The number of hydrogen-bond donors (Lipinski definition) is 0. The Bertz CT molecular complexity index is 235. The molecular weight excluding hydrogens is 219 g/mol. The van der Waals surface area contributed by atoms with Crippen molar-refractivity contribution in [1.29, 1.82) is 0 Å². The lowest BCUT2D eigenvalue weighted by atomic mass is 9.98. The standard InChI is InChI=1S/C9H11F5O/c10-8(11)7(9(12,13)14)15-6-4-2-1-3-5-6/h6H,1-5H2. The molecule has 15 heavy (non-hydrogen) atoms. The Morgan fingerprint density at radius 3 is 1.93 bits per heavy atom. The zero-order chi connectivity index (χ0) is 11.5. The molecule has 0 atom stereocenters. The molecule has 0 saturated heterocycles. The fourth-order valence-corrected chi connectivity index (χ4v) is 1.57. The maximum Gasteiger partial charge on any atom is 0.454 e. The molecule has 0 aromatic heterocycles. The van der Waals surface area contributed by atoms with Gasteiger partial charge in [-0.15, -0.1) is 0 Å². The quantitative estimate of drug-likeness (QED) is 0.514. The zero-order valence-electron chi connectivity index (χ0n) is 7.91. The van der Waals surface area contributed by atoms with Gasteiger partial charge in [-0.05, 0) is 25.7 Å². The van der Waals surface area contributed by atoms with Crippen LogP contribution in [0.5, 0.6) is 0 Å². The van der Waals surface area contributed by atoms with Gasteiger partial charge in [-0.25, -0.2) is 0 Å². The molecule has 0 unspecified atom stereocenters. The van der Waals surface area contributed by atoms with Crippen molar-refractivity contribution in [3.63, 3.8) is 0 Å². The SMILES string of the molecule is FC(F)=C(OC1CCCCC1)C(F)(F)F. The number of alkyl halides is 3. The smallest absolute Gasteiger partial charge is 0.454 e. The molecule has 0 bridgehead atoms. The minimum Gasteiger partial charge on any atom is -0.482 e. The Kier molecular flexibility index (Phi) is 3.93. The summed E-state index contributed by atoms with van der Waals surface area (Å²) in [5, 5.41) is 0. The van der Waals surface area contributed by atoms with E-state index in [4.69, 9.17) is 0 Å². The Morgan fingerprint density at radius 1 is 1.00 bits per heavy atom. The van der Waals surface area contributed by atoms with E-state index in [0.717, 1.165) is 19.3 Å². The molecule has 0 N–H and O–H groups in total. The van der Waals surface area contributed by atoms with Crippen molar-refractivity contribution in [2.75, 3.05) is 0 Å². The molecule has 0 aromatic carbocycles. The Hall–Kier alpha value is -0.810. The summed E-state index contributed by atoms with van der Waals surface area (Å²) in [5.41, 5.74) is 0. The monoisotopic (exact) mass is 230 g/mol. The lowest BCUT2D eigenvalue weighted by molar-refractivity contribution is -0.147. The maximum atomic E-state index is 12.1. The highest BCUT2D eigenvalue weighted by atomic mass is 19.4. The van der Waals surface area contributed by atoms with Crippen molar-refractivity contribution in [3.05, 3.63) is 11.8 Å². The molecule has 0 spiro atoms. The van der Waals surface area contributed by atoms with Gasteiger partial charge in [0, 0.05) is 0 Å². The van der Waals surface area contributed by atoms with Crippen LogP contribution in [0.4, 0.5) is 22.0 Å². The summed E-state index contributed by atoms with van der Waals surface area (Å²) in [6.07, 6.45) is -5.43. The van der Waals surface area contributed by atoms with Gasteiger partial charge >= 0.3 is 12.3 Å². The van der Waals surface area contributed by atoms with Gasteiger partial charge in [-0.2, -0.15) is 22.0 Å². The molecule has 1 fully saturated rings. The molecule has 1 aliphatic rings. The number of rotatable bonds is 2. The van der Waals surface area contributed by atoms with E-state index >= 15 is 0 Å². The van der Waals surface area contributed by atoms with Gasteiger partial charge in [0.05, 0.1) is 6.10 Å². The first-order chi connectivity index (χ1) is 6.91. The van der Waals surface area contributed by atoms with Gasteiger partial charge in [0.1, 0.15) is 0 Å². The predicted octanol–water partition coefficient (Wildman–Crippen LogP) is 4.01. The number of allylic oxidation sites excluding steroid dienone is 1. The zero-order valence-corrected chi connectivity index (χ0v) is 7.91. The van der Waals surface area contributed by atoms with Crippen LogP contribution >= 0.6 is 0 Å². The van der Waals surface area contributed by atoms with Gasteiger partial charge in [0.25, 0.3) is 5.76 Å². The molecule has 1 saturated carbocycles. The van der Waals surface area contributed by atoms with Gasteiger partial charge in [0.2, 0.25) is 0 Å². The van der Waals surface area contributed by atoms with E-state index in [2.05, 4.69) is 4.74 Å². The van der Waals surface area contributed by atoms with E-state index in [-0.39, 0.29) is 0 Å². The van der Waals surface area contributed by atoms with Crippen molar-refractivity contribution in [2.45, 2.75) is 44.4 Å². The summed E-state index contributed by atoms with van der Waals surface area (Å²) in [7, 11) is 0. The van der Waals surface area contributed by atoms with E-state index in [1.165, 1.54) is 0 Å². The van der Waals surface area contributed by atoms with Gasteiger partial charge in [-0.1, -0.05) is 6.42 Å². The van der Waals surface area contributed by atoms with E-state index in [1.54, 1.807) is 0 Å². The van der Waals surface area contributed by atoms with Crippen molar-refractivity contribution in [3.8, 4) is 0 Å². The first-order valence-corrected chi connectivity index (χ1v) is 4.70.